The fraction of sp³-hybridized carbons (Fsp3) is 0.286. The summed E-state index contributed by atoms with van der Waals surface area (Å²) in [5.74, 6) is 0. The van der Waals surface area contributed by atoms with E-state index in [1.165, 1.54) is 0 Å². The molecule has 1 heterocycles. The second kappa shape index (κ2) is 2.54. The van der Waals surface area contributed by atoms with Gasteiger partial charge in [0, 0.05) is 11.4 Å². The van der Waals surface area contributed by atoms with E-state index in [9.17, 15) is 4.79 Å². The van der Waals surface area contributed by atoms with Crippen molar-refractivity contribution < 1.29 is 0 Å². The third kappa shape index (κ3) is 1.27. The van der Waals surface area contributed by atoms with Gasteiger partial charge in [-0.15, -0.1) is 0 Å². The maximum atomic E-state index is 10.9. The van der Waals surface area contributed by atoms with Crippen molar-refractivity contribution >= 4 is 0 Å². The van der Waals surface area contributed by atoms with Gasteiger partial charge in [0.25, 0.3) is 0 Å². The first-order valence-corrected chi connectivity index (χ1v) is 3.12. The van der Waals surface area contributed by atoms with Crippen LogP contribution in [0.25, 0.3) is 0 Å². The Morgan fingerprint density at radius 3 is 2.73 bits per heavy atom. The Morgan fingerprint density at radius 1 is 1.64 bits per heavy atom. The van der Waals surface area contributed by atoms with Crippen molar-refractivity contribution in [2.45, 2.75) is 13.8 Å². The Morgan fingerprint density at radius 2 is 2.27 bits per heavy atom. The van der Waals surface area contributed by atoms with Crippen molar-refractivity contribution in [1.82, 2.24) is 9.55 Å². The molecule has 0 aromatic carbocycles. The van der Waals surface area contributed by atoms with Crippen molar-refractivity contribution in [3.63, 3.8) is 0 Å². The monoisotopic (exact) mass is 149 g/mol. The molecule has 1 aromatic rings. The zero-order valence-electron chi connectivity index (χ0n) is 6.33. The zero-order chi connectivity index (χ0) is 8.43. The zero-order valence-corrected chi connectivity index (χ0v) is 6.33. The molecule has 0 saturated carbocycles. The number of hydrogen-bond acceptors (Lipinski definition) is 3. The van der Waals surface area contributed by atoms with Crippen LogP contribution < -0.4 is 5.69 Å². The van der Waals surface area contributed by atoms with Gasteiger partial charge >= 0.3 is 5.69 Å². The van der Waals surface area contributed by atoms with Gasteiger partial charge in [0.2, 0.25) is 0 Å². The number of nitrogens with zero attached hydrogens (tertiary/aromatic N) is 3. The standard InChI is InChI=1S/C7H7N3O/c1-5-3-6(2)10(4-8)7(11)9-5/h3H,1-2H3. The average molecular weight is 149 g/mol. The summed E-state index contributed by atoms with van der Waals surface area (Å²) < 4.78 is 0.951. The molecule has 4 heteroatoms. The first-order chi connectivity index (χ1) is 5.15. The molecule has 4 nitrogen and oxygen atoms in total. The highest BCUT2D eigenvalue weighted by atomic mass is 16.1. The smallest absolute Gasteiger partial charge is 0.244 e. The van der Waals surface area contributed by atoms with Gasteiger partial charge in [-0.25, -0.2) is 9.36 Å². The van der Waals surface area contributed by atoms with E-state index >= 15 is 0 Å². The Kier molecular flexibility index (Phi) is 1.73. The van der Waals surface area contributed by atoms with E-state index in [-0.39, 0.29) is 0 Å². The molecule has 0 aliphatic carbocycles. The minimum absolute atomic E-state index is 0.509. The minimum atomic E-state index is -0.509. The highest BCUT2D eigenvalue weighted by Crippen LogP contribution is 1.93. The molecule has 0 bridgehead atoms. The second-order valence-electron chi connectivity index (χ2n) is 2.26. The first-order valence-electron chi connectivity index (χ1n) is 3.12. The second-order valence-corrected chi connectivity index (χ2v) is 2.26. The summed E-state index contributed by atoms with van der Waals surface area (Å²) in [5.41, 5.74) is 0.744. The van der Waals surface area contributed by atoms with Crippen LogP contribution in [0.5, 0.6) is 0 Å². The Labute approximate surface area is 63.7 Å². The van der Waals surface area contributed by atoms with Crippen LogP contribution >= 0.6 is 0 Å². The van der Waals surface area contributed by atoms with Crippen molar-refractivity contribution in [2.24, 2.45) is 0 Å². The Balaban J connectivity index is 3.53. The van der Waals surface area contributed by atoms with Gasteiger partial charge in [-0.2, -0.15) is 10.2 Å². The number of hydrogen-bond donors (Lipinski definition) is 0. The van der Waals surface area contributed by atoms with Gasteiger partial charge in [0.15, 0.2) is 6.19 Å². The van der Waals surface area contributed by atoms with Crippen LogP contribution in [0.15, 0.2) is 10.9 Å². The van der Waals surface area contributed by atoms with Gasteiger partial charge in [-0.3, -0.25) is 0 Å². The summed E-state index contributed by atoms with van der Waals surface area (Å²) in [7, 11) is 0. The lowest BCUT2D eigenvalue weighted by Gasteiger charge is -1.97. The van der Waals surface area contributed by atoms with Crippen LogP contribution in [0, 0.1) is 25.3 Å². The largest absolute Gasteiger partial charge is 0.361 e. The SMILES string of the molecule is Cc1cc(C)n(C#N)c(=O)n1. The van der Waals surface area contributed by atoms with Gasteiger partial charge in [-0.05, 0) is 19.9 Å². The highest BCUT2D eigenvalue weighted by molar-refractivity contribution is 5.09. The average Bonchev–Trinajstić information content (AvgIpc) is 1.85. The molecule has 0 aliphatic rings. The topological polar surface area (TPSA) is 58.7 Å². The van der Waals surface area contributed by atoms with Crippen LogP contribution in [0.4, 0.5) is 0 Å². The molecule has 0 saturated heterocycles. The molecular formula is C7H7N3O. The fourth-order valence-corrected chi connectivity index (χ4v) is 0.872. The summed E-state index contributed by atoms with van der Waals surface area (Å²) in [6.07, 6.45) is 1.73. The van der Waals surface area contributed by atoms with E-state index in [0.717, 1.165) is 4.57 Å². The number of rotatable bonds is 0. The van der Waals surface area contributed by atoms with Crippen molar-refractivity contribution in [3.05, 3.63) is 27.9 Å². The third-order valence-electron chi connectivity index (χ3n) is 1.33. The summed E-state index contributed by atoms with van der Waals surface area (Å²) >= 11 is 0. The van der Waals surface area contributed by atoms with Crippen LogP contribution in [0.1, 0.15) is 11.4 Å². The molecule has 11 heavy (non-hydrogen) atoms. The lowest BCUT2D eigenvalue weighted by atomic mass is 10.3. The lowest BCUT2D eigenvalue weighted by Crippen LogP contribution is -2.22. The number of nitriles is 1. The third-order valence-corrected chi connectivity index (χ3v) is 1.33. The number of aromatic nitrogens is 2. The predicted molar refractivity (Wildman–Crippen MR) is 39.0 cm³/mol. The molecule has 56 valence electrons. The van der Waals surface area contributed by atoms with Crippen LogP contribution in [0.2, 0.25) is 0 Å². The fourth-order valence-electron chi connectivity index (χ4n) is 0.872. The van der Waals surface area contributed by atoms with Crippen LogP contribution in [-0.4, -0.2) is 9.55 Å². The Hall–Kier alpha value is -1.63. The van der Waals surface area contributed by atoms with E-state index in [1.54, 1.807) is 26.1 Å². The van der Waals surface area contributed by atoms with E-state index < -0.39 is 5.69 Å². The predicted octanol–water partition coefficient (Wildman–Crippen LogP) is 0.189. The summed E-state index contributed by atoms with van der Waals surface area (Å²) in [4.78, 5) is 14.5. The summed E-state index contributed by atoms with van der Waals surface area (Å²) in [6, 6.07) is 1.69. The van der Waals surface area contributed by atoms with Gasteiger partial charge in [0.05, 0.1) is 0 Å². The lowest BCUT2D eigenvalue weighted by molar-refractivity contribution is 0.868. The normalized spacial score (nSPS) is 9.18. The molecule has 1 rings (SSSR count). The van der Waals surface area contributed by atoms with Gasteiger partial charge in [-0.1, -0.05) is 0 Å². The molecule has 0 unspecified atom stereocenters. The highest BCUT2D eigenvalue weighted by Gasteiger charge is 1.99. The quantitative estimate of drug-likeness (QED) is 0.529. The van der Waals surface area contributed by atoms with Gasteiger partial charge < -0.3 is 0 Å². The van der Waals surface area contributed by atoms with Crippen LogP contribution in [-0.2, 0) is 0 Å². The Bertz CT molecular complexity index is 372. The van der Waals surface area contributed by atoms with Gasteiger partial charge in [0.1, 0.15) is 0 Å². The molecule has 0 fully saturated rings. The van der Waals surface area contributed by atoms with E-state index in [2.05, 4.69) is 4.98 Å². The van der Waals surface area contributed by atoms with Crippen LogP contribution in [0.3, 0.4) is 0 Å². The van der Waals surface area contributed by atoms with E-state index in [0.29, 0.717) is 11.4 Å². The van der Waals surface area contributed by atoms with Crippen molar-refractivity contribution in [2.75, 3.05) is 0 Å². The molecule has 0 N–H and O–H groups in total. The molecule has 0 aliphatic heterocycles. The summed E-state index contributed by atoms with van der Waals surface area (Å²) in [6.45, 7) is 3.41. The van der Waals surface area contributed by atoms with Crippen molar-refractivity contribution in [3.8, 4) is 6.19 Å². The maximum Gasteiger partial charge on any atom is 0.361 e. The molecule has 0 spiro atoms. The molecule has 0 radical (unpaired) electrons. The maximum absolute atomic E-state index is 10.9. The minimum Gasteiger partial charge on any atom is -0.244 e. The first kappa shape index (κ1) is 7.48. The molecule has 0 amide bonds. The molecule has 1 aromatic heterocycles. The number of aryl methyl sites for hydroxylation is 2. The molecular weight excluding hydrogens is 142 g/mol. The van der Waals surface area contributed by atoms with Crippen molar-refractivity contribution in [1.29, 1.82) is 5.26 Å². The summed E-state index contributed by atoms with van der Waals surface area (Å²) in [5, 5.41) is 8.46. The van der Waals surface area contributed by atoms with E-state index in [1.807, 2.05) is 0 Å². The molecule has 0 atom stereocenters. The van der Waals surface area contributed by atoms with E-state index in [4.69, 9.17) is 5.26 Å².